The molecule has 0 saturated carbocycles. The summed E-state index contributed by atoms with van der Waals surface area (Å²) in [4.78, 5) is 23.8. The number of carboxylic acids is 1. The molecule has 1 amide bonds. The summed E-state index contributed by atoms with van der Waals surface area (Å²) in [6.07, 6.45) is 1.12. The van der Waals surface area contributed by atoms with Gasteiger partial charge in [0.05, 0.1) is 5.92 Å². The van der Waals surface area contributed by atoms with E-state index in [1.807, 2.05) is 6.92 Å². The number of piperidine rings is 1. The lowest BCUT2D eigenvalue weighted by molar-refractivity contribution is -0.142. The van der Waals surface area contributed by atoms with Crippen molar-refractivity contribution in [2.75, 3.05) is 13.1 Å². The SMILES string of the molecule is Cc1ccc(S(=O)(=O)N2CCCC(C(=O)N[C@H](C)C(=O)O)C2)s1. The Kier molecular flexibility index (Phi) is 5.43. The third-order valence-corrected chi connectivity index (χ3v) is 7.13. The van der Waals surface area contributed by atoms with Crippen LogP contribution in [0.1, 0.15) is 24.6 Å². The number of aryl methyl sites for hydroxylation is 1. The van der Waals surface area contributed by atoms with Crippen LogP contribution in [-0.2, 0) is 19.6 Å². The third-order valence-electron chi connectivity index (χ3n) is 3.79. The molecule has 23 heavy (non-hydrogen) atoms. The lowest BCUT2D eigenvalue weighted by Gasteiger charge is -2.31. The van der Waals surface area contributed by atoms with E-state index < -0.39 is 33.9 Å². The van der Waals surface area contributed by atoms with Crippen molar-refractivity contribution >= 4 is 33.2 Å². The second-order valence-corrected chi connectivity index (χ2v) is 9.09. The zero-order chi connectivity index (χ0) is 17.2. The first-order chi connectivity index (χ1) is 10.7. The smallest absolute Gasteiger partial charge is 0.325 e. The number of nitrogens with zero attached hydrogens (tertiary/aromatic N) is 1. The van der Waals surface area contributed by atoms with E-state index in [2.05, 4.69) is 5.32 Å². The van der Waals surface area contributed by atoms with E-state index in [9.17, 15) is 18.0 Å². The predicted octanol–water partition coefficient (Wildman–Crippen LogP) is 1.05. The molecule has 2 rings (SSSR count). The Balaban J connectivity index is 2.09. The van der Waals surface area contributed by atoms with Crippen molar-refractivity contribution in [1.82, 2.24) is 9.62 Å². The van der Waals surface area contributed by atoms with Crippen molar-refractivity contribution in [1.29, 1.82) is 0 Å². The number of rotatable bonds is 5. The number of nitrogens with one attached hydrogen (secondary N) is 1. The zero-order valence-electron chi connectivity index (χ0n) is 13.0. The molecule has 1 aliphatic heterocycles. The standard InChI is InChI=1S/C14H20N2O5S2/c1-9-5-6-12(22-9)23(20,21)16-7-3-4-11(8-16)13(17)15-10(2)14(18)19/h5-6,10-11H,3-4,7-8H2,1-2H3,(H,15,17)(H,18,19)/t10-,11?/m1/s1. The largest absolute Gasteiger partial charge is 0.480 e. The molecular weight excluding hydrogens is 340 g/mol. The van der Waals surface area contributed by atoms with Gasteiger partial charge in [-0.3, -0.25) is 9.59 Å². The Labute approximate surface area is 139 Å². The summed E-state index contributed by atoms with van der Waals surface area (Å²) in [5, 5.41) is 11.2. The van der Waals surface area contributed by atoms with Crippen LogP contribution in [0.15, 0.2) is 16.3 Å². The van der Waals surface area contributed by atoms with Gasteiger partial charge in [0.25, 0.3) is 10.0 Å². The van der Waals surface area contributed by atoms with Gasteiger partial charge in [-0.15, -0.1) is 11.3 Å². The average Bonchev–Trinajstić information content (AvgIpc) is 2.94. The number of hydrogen-bond donors (Lipinski definition) is 2. The summed E-state index contributed by atoms with van der Waals surface area (Å²) < 4.78 is 26.8. The molecule has 9 heteroatoms. The first kappa shape index (κ1) is 17.9. The van der Waals surface area contributed by atoms with Gasteiger partial charge in [0, 0.05) is 18.0 Å². The molecule has 7 nitrogen and oxygen atoms in total. The molecule has 128 valence electrons. The molecule has 1 unspecified atom stereocenters. The molecule has 1 aromatic heterocycles. The molecule has 1 aliphatic rings. The summed E-state index contributed by atoms with van der Waals surface area (Å²) in [6.45, 7) is 3.67. The van der Waals surface area contributed by atoms with Crippen LogP contribution in [0.3, 0.4) is 0 Å². The second kappa shape index (κ2) is 6.98. The second-order valence-electron chi connectivity index (χ2n) is 5.64. The van der Waals surface area contributed by atoms with Gasteiger partial charge >= 0.3 is 5.97 Å². The summed E-state index contributed by atoms with van der Waals surface area (Å²) in [5.41, 5.74) is 0. The van der Waals surface area contributed by atoms with Gasteiger partial charge in [-0.05, 0) is 38.8 Å². The van der Waals surface area contributed by atoms with Gasteiger partial charge in [-0.25, -0.2) is 8.42 Å². The average molecular weight is 360 g/mol. The molecule has 0 radical (unpaired) electrons. The van der Waals surface area contributed by atoms with Crippen molar-refractivity contribution < 1.29 is 23.1 Å². The fourth-order valence-corrected chi connectivity index (χ4v) is 5.41. The number of sulfonamides is 1. The normalized spacial score (nSPS) is 20.9. The van der Waals surface area contributed by atoms with E-state index in [1.165, 1.54) is 22.6 Å². The number of carbonyl (C=O) groups excluding carboxylic acids is 1. The fraction of sp³-hybridized carbons (Fsp3) is 0.571. The minimum Gasteiger partial charge on any atom is -0.480 e. The molecule has 2 heterocycles. The molecule has 2 N–H and O–H groups in total. The maximum atomic E-state index is 12.6. The Hall–Kier alpha value is -1.45. The van der Waals surface area contributed by atoms with Gasteiger partial charge in [0.2, 0.25) is 5.91 Å². The van der Waals surface area contributed by atoms with Crippen molar-refractivity contribution in [3.8, 4) is 0 Å². The Bertz CT molecular complexity index is 698. The lowest BCUT2D eigenvalue weighted by atomic mass is 9.98. The highest BCUT2D eigenvalue weighted by atomic mass is 32.2. The molecule has 1 aromatic rings. The van der Waals surface area contributed by atoms with E-state index in [0.29, 0.717) is 19.4 Å². The van der Waals surface area contributed by atoms with Gasteiger partial charge < -0.3 is 10.4 Å². The maximum absolute atomic E-state index is 12.6. The number of amides is 1. The molecule has 0 aliphatic carbocycles. The van der Waals surface area contributed by atoms with E-state index in [1.54, 1.807) is 12.1 Å². The van der Waals surface area contributed by atoms with Crippen molar-refractivity contribution in [2.45, 2.75) is 36.9 Å². The predicted molar refractivity (Wildman–Crippen MR) is 85.8 cm³/mol. The van der Waals surface area contributed by atoms with Crippen LogP contribution >= 0.6 is 11.3 Å². The summed E-state index contributed by atoms with van der Waals surface area (Å²) >= 11 is 1.20. The Morgan fingerprint density at radius 1 is 1.43 bits per heavy atom. The van der Waals surface area contributed by atoms with E-state index >= 15 is 0 Å². The highest BCUT2D eigenvalue weighted by molar-refractivity contribution is 7.91. The molecule has 1 fully saturated rings. The van der Waals surface area contributed by atoms with Crippen LogP contribution in [0.2, 0.25) is 0 Å². The maximum Gasteiger partial charge on any atom is 0.325 e. The Morgan fingerprint density at radius 2 is 2.13 bits per heavy atom. The number of aliphatic carboxylic acids is 1. The molecule has 0 spiro atoms. The van der Waals surface area contributed by atoms with Gasteiger partial charge in [0.1, 0.15) is 10.3 Å². The zero-order valence-corrected chi connectivity index (χ0v) is 14.6. The number of carboxylic acid groups (broad SMARTS) is 1. The van der Waals surface area contributed by atoms with Crippen LogP contribution in [0.5, 0.6) is 0 Å². The monoisotopic (exact) mass is 360 g/mol. The van der Waals surface area contributed by atoms with Crippen molar-refractivity contribution in [2.24, 2.45) is 5.92 Å². The lowest BCUT2D eigenvalue weighted by Crippen LogP contribution is -2.48. The van der Waals surface area contributed by atoms with Crippen molar-refractivity contribution in [3.05, 3.63) is 17.0 Å². The first-order valence-corrected chi connectivity index (χ1v) is 9.57. The van der Waals surface area contributed by atoms with Crippen LogP contribution in [0.25, 0.3) is 0 Å². The first-order valence-electron chi connectivity index (χ1n) is 7.31. The highest BCUT2D eigenvalue weighted by Gasteiger charge is 2.34. The Morgan fingerprint density at radius 3 is 2.70 bits per heavy atom. The summed E-state index contributed by atoms with van der Waals surface area (Å²) in [6, 6.07) is 2.33. The number of carbonyl (C=O) groups is 2. The molecule has 0 aromatic carbocycles. The molecule has 0 bridgehead atoms. The molecule has 2 atom stereocenters. The molecule has 1 saturated heterocycles. The van der Waals surface area contributed by atoms with Gasteiger partial charge in [0.15, 0.2) is 0 Å². The topological polar surface area (TPSA) is 104 Å². The van der Waals surface area contributed by atoms with E-state index in [4.69, 9.17) is 5.11 Å². The van der Waals surface area contributed by atoms with Crippen LogP contribution in [0, 0.1) is 12.8 Å². The van der Waals surface area contributed by atoms with E-state index in [0.717, 1.165) is 4.88 Å². The van der Waals surface area contributed by atoms with Crippen molar-refractivity contribution in [3.63, 3.8) is 0 Å². The summed E-state index contributed by atoms with van der Waals surface area (Å²) in [7, 11) is -3.60. The highest BCUT2D eigenvalue weighted by Crippen LogP contribution is 2.28. The van der Waals surface area contributed by atoms with Crippen LogP contribution < -0.4 is 5.32 Å². The van der Waals surface area contributed by atoms with Gasteiger partial charge in [-0.2, -0.15) is 4.31 Å². The van der Waals surface area contributed by atoms with E-state index in [-0.39, 0.29) is 10.8 Å². The van der Waals surface area contributed by atoms with Crippen LogP contribution in [-0.4, -0.2) is 48.8 Å². The minimum absolute atomic E-state index is 0.0808. The minimum atomic E-state index is -3.60. The third kappa shape index (κ3) is 4.10. The summed E-state index contributed by atoms with van der Waals surface area (Å²) in [5.74, 6) is -2.06. The number of thiophene rings is 1. The number of hydrogen-bond acceptors (Lipinski definition) is 5. The quantitative estimate of drug-likeness (QED) is 0.817. The van der Waals surface area contributed by atoms with Gasteiger partial charge in [-0.1, -0.05) is 0 Å². The van der Waals surface area contributed by atoms with Crippen LogP contribution in [0.4, 0.5) is 0 Å². The fourth-order valence-electron chi connectivity index (χ4n) is 2.45. The molecular formula is C14H20N2O5S2.